The Morgan fingerprint density at radius 3 is 2.66 bits per heavy atom. The maximum atomic E-state index is 12.4. The first-order valence-electron chi connectivity index (χ1n) is 9.57. The van der Waals surface area contributed by atoms with Gasteiger partial charge in [-0.1, -0.05) is 12.1 Å². The van der Waals surface area contributed by atoms with Crippen molar-refractivity contribution in [3.8, 4) is 5.75 Å². The summed E-state index contributed by atoms with van der Waals surface area (Å²) in [6.45, 7) is 3.73. The van der Waals surface area contributed by atoms with Crippen LogP contribution in [0.1, 0.15) is 5.56 Å². The van der Waals surface area contributed by atoms with Crippen LogP contribution in [0, 0.1) is 6.92 Å². The van der Waals surface area contributed by atoms with Crippen molar-refractivity contribution in [2.24, 2.45) is 5.73 Å². The minimum atomic E-state index is -0.711. The fourth-order valence-corrected chi connectivity index (χ4v) is 3.70. The van der Waals surface area contributed by atoms with Gasteiger partial charge < -0.3 is 25.7 Å². The quantitative estimate of drug-likeness (QED) is 0.615. The molecule has 2 aliphatic rings. The Hall–Kier alpha value is -3.52. The van der Waals surface area contributed by atoms with Crippen LogP contribution in [0.25, 0.3) is 11.0 Å². The number of nitrogens with one attached hydrogen (secondary N) is 2. The minimum Gasteiger partial charge on any atom is -0.488 e. The Balaban J connectivity index is 1.44. The second-order valence-corrected chi connectivity index (χ2v) is 7.31. The normalized spacial score (nSPS) is 19.0. The van der Waals surface area contributed by atoms with Crippen LogP contribution in [0.3, 0.4) is 0 Å². The lowest BCUT2D eigenvalue weighted by molar-refractivity contribution is -0.118. The van der Waals surface area contributed by atoms with Crippen LogP contribution in [0.15, 0.2) is 54.9 Å². The van der Waals surface area contributed by atoms with Crippen molar-refractivity contribution < 1.29 is 9.53 Å². The van der Waals surface area contributed by atoms with Gasteiger partial charge in [-0.25, -0.2) is 4.98 Å². The van der Waals surface area contributed by atoms with Gasteiger partial charge in [0.05, 0.1) is 11.0 Å². The number of imidazole rings is 1. The number of para-hydroxylation sites is 2. The number of amides is 1. The minimum absolute atomic E-state index is 0.217. The molecule has 5 rings (SSSR count). The number of carbonyl (C=O) groups is 1. The van der Waals surface area contributed by atoms with Crippen molar-refractivity contribution in [2.45, 2.75) is 19.2 Å². The molecule has 29 heavy (non-hydrogen) atoms. The van der Waals surface area contributed by atoms with Crippen molar-refractivity contribution in [1.29, 1.82) is 0 Å². The summed E-state index contributed by atoms with van der Waals surface area (Å²) in [6, 6.07) is 13.6. The fraction of sp³-hybridized carbons (Fsp3) is 0.238. The molecule has 8 heteroatoms. The van der Waals surface area contributed by atoms with Gasteiger partial charge >= 0.3 is 0 Å². The highest BCUT2D eigenvalue weighted by Crippen LogP contribution is 2.33. The number of benzene rings is 2. The third kappa shape index (κ3) is 3.07. The third-order valence-electron chi connectivity index (χ3n) is 5.28. The van der Waals surface area contributed by atoms with E-state index in [0.717, 1.165) is 41.1 Å². The lowest BCUT2D eigenvalue weighted by Crippen LogP contribution is -2.50. The Labute approximate surface area is 168 Å². The Morgan fingerprint density at radius 1 is 1.17 bits per heavy atom. The highest BCUT2D eigenvalue weighted by molar-refractivity contribution is 5.90. The number of ether oxygens (including phenoxy) is 1. The predicted octanol–water partition coefficient (Wildman–Crippen LogP) is 1.83. The molecule has 3 aromatic rings. The largest absolute Gasteiger partial charge is 0.488 e. The Bertz CT molecular complexity index is 1070. The fourth-order valence-electron chi connectivity index (χ4n) is 3.70. The van der Waals surface area contributed by atoms with E-state index in [1.165, 1.54) is 0 Å². The van der Waals surface area contributed by atoms with E-state index in [0.29, 0.717) is 5.95 Å². The predicted molar refractivity (Wildman–Crippen MR) is 112 cm³/mol. The summed E-state index contributed by atoms with van der Waals surface area (Å²) >= 11 is 0. The van der Waals surface area contributed by atoms with Crippen LogP contribution in [0.2, 0.25) is 0 Å². The average Bonchev–Trinajstić information content (AvgIpc) is 3.28. The van der Waals surface area contributed by atoms with E-state index < -0.39 is 12.1 Å². The smallest absolute Gasteiger partial charge is 0.261 e. The van der Waals surface area contributed by atoms with Crippen LogP contribution in [0.4, 0.5) is 11.6 Å². The molecular weight excluding hydrogens is 368 g/mol. The van der Waals surface area contributed by atoms with Gasteiger partial charge in [0.15, 0.2) is 6.17 Å². The van der Waals surface area contributed by atoms with Crippen LogP contribution >= 0.6 is 0 Å². The van der Waals surface area contributed by atoms with Gasteiger partial charge in [0, 0.05) is 31.2 Å². The summed E-state index contributed by atoms with van der Waals surface area (Å²) in [5, 5.41) is 3.19. The summed E-state index contributed by atoms with van der Waals surface area (Å²) in [7, 11) is 0. The lowest BCUT2D eigenvalue weighted by atomic mass is 10.1. The van der Waals surface area contributed by atoms with Gasteiger partial charge in [-0.2, -0.15) is 0 Å². The van der Waals surface area contributed by atoms with Crippen LogP contribution in [0.5, 0.6) is 5.75 Å². The van der Waals surface area contributed by atoms with E-state index in [-0.39, 0.29) is 6.10 Å². The summed E-state index contributed by atoms with van der Waals surface area (Å²) in [6.07, 6.45) is 3.17. The summed E-state index contributed by atoms with van der Waals surface area (Å²) in [5.74, 6) is 0.935. The number of rotatable bonds is 5. The van der Waals surface area contributed by atoms with Gasteiger partial charge in [-0.05, 0) is 42.8 Å². The van der Waals surface area contributed by atoms with Gasteiger partial charge in [0.2, 0.25) is 5.95 Å². The van der Waals surface area contributed by atoms with E-state index >= 15 is 0 Å². The number of carbonyl (C=O) groups excluding carboxylic acids is 1. The summed E-state index contributed by atoms with van der Waals surface area (Å²) in [5.41, 5.74) is 9.41. The molecule has 0 aliphatic carbocycles. The molecule has 0 bridgehead atoms. The number of hydrogen-bond acceptors (Lipinski definition) is 6. The second kappa shape index (κ2) is 6.82. The zero-order chi connectivity index (χ0) is 20.0. The number of nitrogens with zero attached hydrogens (tertiary/aromatic N) is 3. The number of aryl methyl sites for hydroxylation is 1. The second-order valence-electron chi connectivity index (χ2n) is 7.31. The molecule has 1 amide bonds. The number of anilines is 2. The Kier molecular flexibility index (Phi) is 4.13. The van der Waals surface area contributed by atoms with Crippen LogP contribution in [-0.2, 0) is 4.79 Å². The molecule has 148 valence electrons. The highest BCUT2D eigenvalue weighted by atomic mass is 16.5. The summed E-state index contributed by atoms with van der Waals surface area (Å²) in [4.78, 5) is 23.9. The van der Waals surface area contributed by atoms with Gasteiger partial charge in [-0.3, -0.25) is 9.69 Å². The van der Waals surface area contributed by atoms with E-state index in [9.17, 15) is 4.79 Å². The summed E-state index contributed by atoms with van der Waals surface area (Å²) < 4.78 is 5.93. The van der Waals surface area contributed by atoms with Crippen molar-refractivity contribution in [3.63, 3.8) is 0 Å². The first-order chi connectivity index (χ1) is 14.1. The first-order valence-corrected chi connectivity index (χ1v) is 9.57. The molecule has 2 aliphatic heterocycles. The lowest BCUT2D eigenvalue weighted by Gasteiger charge is -2.31. The van der Waals surface area contributed by atoms with E-state index in [2.05, 4.69) is 15.3 Å². The number of nitrogens with two attached hydrogens (primary N) is 1. The molecule has 0 saturated carbocycles. The molecule has 1 unspecified atom stereocenters. The topological polar surface area (TPSA) is 99.5 Å². The van der Waals surface area contributed by atoms with E-state index in [1.807, 2.05) is 66.7 Å². The van der Waals surface area contributed by atoms with Crippen molar-refractivity contribution in [2.75, 3.05) is 22.9 Å². The number of aromatic nitrogens is 2. The molecule has 4 N–H and O–H groups in total. The van der Waals surface area contributed by atoms with Gasteiger partial charge in [-0.15, -0.1) is 0 Å². The SMILES string of the molecule is Cc1cc(OC2CNC2)ccc1N1C=CN(c2nc3ccccc3[nH]2)C1C(N)=O. The van der Waals surface area contributed by atoms with Crippen molar-refractivity contribution >= 4 is 28.6 Å². The molecule has 0 spiro atoms. The zero-order valence-electron chi connectivity index (χ0n) is 16.0. The number of H-pyrrole nitrogens is 1. The molecular formula is C21H22N6O2. The monoisotopic (exact) mass is 390 g/mol. The molecule has 1 saturated heterocycles. The standard InChI is InChI=1S/C21H22N6O2/c1-13-10-14(29-15-11-23-12-15)6-7-18(13)26-8-9-27(20(26)19(22)28)21-24-16-4-2-3-5-17(16)25-21/h2-10,15,20,23H,11-12H2,1H3,(H2,22,28)(H,24,25). The number of hydrogen-bond donors (Lipinski definition) is 3. The molecule has 2 aromatic carbocycles. The van der Waals surface area contributed by atoms with Gasteiger partial charge in [0.25, 0.3) is 5.91 Å². The van der Waals surface area contributed by atoms with Crippen molar-refractivity contribution in [1.82, 2.24) is 15.3 Å². The maximum absolute atomic E-state index is 12.4. The van der Waals surface area contributed by atoms with Crippen molar-refractivity contribution in [3.05, 3.63) is 60.4 Å². The van der Waals surface area contributed by atoms with E-state index in [1.54, 1.807) is 4.90 Å². The number of fused-ring (bicyclic) bond motifs is 1. The molecule has 1 aromatic heterocycles. The maximum Gasteiger partial charge on any atom is 0.261 e. The zero-order valence-corrected chi connectivity index (χ0v) is 16.0. The first kappa shape index (κ1) is 17.6. The van der Waals surface area contributed by atoms with Gasteiger partial charge in [0.1, 0.15) is 11.9 Å². The van der Waals surface area contributed by atoms with E-state index in [4.69, 9.17) is 10.5 Å². The molecule has 3 heterocycles. The molecule has 1 fully saturated rings. The molecule has 0 radical (unpaired) electrons. The van der Waals surface area contributed by atoms with Crippen LogP contribution < -0.4 is 25.6 Å². The number of primary amides is 1. The van der Waals surface area contributed by atoms with Crippen LogP contribution in [-0.4, -0.2) is 41.2 Å². The average molecular weight is 390 g/mol. The number of aromatic amines is 1. The molecule has 1 atom stereocenters. The third-order valence-corrected chi connectivity index (χ3v) is 5.28. The Morgan fingerprint density at radius 2 is 1.97 bits per heavy atom. The molecule has 8 nitrogen and oxygen atoms in total. The highest BCUT2D eigenvalue weighted by Gasteiger charge is 2.35.